The van der Waals surface area contributed by atoms with Crippen molar-refractivity contribution in [1.29, 1.82) is 0 Å². The Kier molecular flexibility index (Phi) is 4.63. The van der Waals surface area contributed by atoms with E-state index in [1.54, 1.807) is 19.1 Å². The van der Waals surface area contributed by atoms with E-state index in [9.17, 15) is 4.79 Å². The Hall–Kier alpha value is -1.91. The lowest BCUT2D eigenvalue weighted by Gasteiger charge is -2.15. The molecule has 0 spiro atoms. The molecule has 0 aromatic heterocycles. The van der Waals surface area contributed by atoms with E-state index in [1.807, 2.05) is 25.1 Å². The Bertz CT molecular complexity index is 391. The Balaban J connectivity index is 2.69. The van der Waals surface area contributed by atoms with Gasteiger partial charge in [0.25, 0.3) is 0 Å². The van der Waals surface area contributed by atoms with E-state index < -0.39 is 5.97 Å². The van der Waals surface area contributed by atoms with Gasteiger partial charge in [-0.2, -0.15) is 0 Å². The molecule has 1 aromatic rings. The molecule has 0 heterocycles. The zero-order valence-corrected chi connectivity index (χ0v) is 10.4. The van der Waals surface area contributed by atoms with Crippen molar-refractivity contribution in [3.63, 3.8) is 0 Å². The molecule has 0 unspecified atom stereocenters. The van der Waals surface area contributed by atoms with Gasteiger partial charge in [-0.3, -0.25) is 0 Å². The summed E-state index contributed by atoms with van der Waals surface area (Å²) >= 11 is 0. The van der Waals surface area contributed by atoms with Gasteiger partial charge in [-0.25, -0.2) is 4.79 Å². The van der Waals surface area contributed by atoms with Gasteiger partial charge in [-0.05, 0) is 19.1 Å². The first-order chi connectivity index (χ1) is 8.04. The van der Waals surface area contributed by atoms with E-state index >= 15 is 0 Å². The predicted molar refractivity (Wildman–Crippen MR) is 67.3 cm³/mol. The molecule has 0 saturated heterocycles. The van der Waals surface area contributed by atoms with Crippen molar-refractivity contribution in [3.8, 4) is 5.75 Å². The number of hydrogen-bond acceptors (Lipinski definition) is 5. The molecule has 1 aromatic carbocycles. The van der Waals surface area contributed by atoms with Gasteiger partial charge in [0.15, 0.2) is 6.61 Å². The number of esters is 1. The van der Waals surface area contributed by atoms with Crippen molar-refractivity contribution < 1.29 is 14.3 Å². The average Bonchev–Trinajstić information content (AvgIpc) is 2.28. The molecule has 2 N–H and O–H groups in total. The van der Waals surface area contributed by atoms with Gasteiger partial charge in [-0.1, -0.05) is 0 Å². The van der Waals surface area contributed by atoms with Crippen molar-refractivity contribution in [2.45, 2.75) is 6.92 Å². The normalized spacial score (nSPS) is 9.82. The number of hydrogen-bond donors (Lipinski definition) is 1. The lowest BCUT2D eigenvalue weighted by molar-refractivity contribution is -0.145. The summed E-state index contributed by atoms with van der Waals surface area (Å²) < 4.78 is 10.1. The first-order valence-electron chi connectivity index (χ1n) is 5.40. The Labute approximate surface area is 101 Å². The van der Waals surface area contributed by atoms with Crippen LogP contribution < -0.4 is 15.4 Å². The second-order valence-electron chi connectivity index (χ2n) is 3.71. The van der Waals surface area contributed by atoms with Crippen molar-refractivity contribution in [2.75, 3.05) is 37.9 Å². The van der Waals surface area contributed by atoms with Crippen molar-refractivity contribution in [3.05, 3.63) is 18.2 Å². The minimum absolute atomic E-state index is 0.130. The summed E-state index contributed by atoms with van der Waals surface area (Å²) in [5.74, 6) is 0.0893. The number of carbonyl (C=O) groups is 1. The van der Waals surface area contributed by atoms with Crippen LogP contribution in [0.4, 0.5) is 11.4 Å². The van der Waals surface area contributed by atoms with Gasteiger partial charge in [0.2, 0.25) is 0 Å². The molecule has 17 heavy (non-hydrogen) atoms. The third-order valence-electron chi connectivity index (χ3n) is 2.16. The van der Waals surface area contributed by atoms with Crippen LogP contribution in [0, 0.1) is 0 Å². The van der Waals surface area contributed by atoms with Crippen molar-refractivity contribution in [2.24, 2.45) is 0 Å². The number of nitrogen functional groups attached to an aromatic ring is 1. The van der Waals surface area contributed by atoms with Gasteiger partial charge < -0.3 is 20.1 Å². The van der Waals surface area contributed by atoms with Gasteiger partial charge in [0, 0.05) is 25.8 Å². The molecule has 0 amide bonds. The van der Waals surface area contributed by atoms with Crippen LogP contribution in [0.2, 0.25) is 0 Å². The van der Waals surface area contributed by atoms with Crippen LogP contribution in [0.15, 0.2) is 18.2 Å². The summed E-state index contributed by atoms with van der Waals surface area (Å²) in [6.07, 6.45) is 0. The molecule has 5 nitrogen and oxygen atoms in total. The molecule has 0 saturated carbocycles. The predicted octanol–water partition coefficient (Wildman–Crippen LogP) is 1.28. The zero-order valence-electron chi connectivity index (χ0n) is 10.4. The maximum atomic E-state index is 11.1. The number of benzene rings is 1. The topological polar surface area (TPSA) is 64.8 Å². The molecule has 0 radical (unpaired) electrons. The quantitative estimate of drug-likeness (QED) is 0.618. The average molecular weight is 238 g/mol. The van der Waals surface area contributed by atoms with Crippen molar-refractivity contribution >= 4 is 17.3 Å². The molecule has 5 heteroatoms. The summed E-state index contributed by atoms with van der Waals surface area (Å²) in [7, 11) is 3.83. The number of carbonyl (C=O) groups excluding carboxylic acids is 1. The van der Waals surface area contributed by atoms with E-state index in [1.165, 1.54) is 0 Å². The monoisotopic (exact) mass is 238 g/mol. The molecule has 0 aliphatic rings. The Morgan fingerprint density at radius 3 is 2.71 bits per heavy atom. The maximum Gasteiger partial charge on any atom is 0.344 e. The van der Waals surface area contributed by atoms with E-state index in [0.29, 0.717) is 18.0 Å². The highest BCUT2D eigenvalue weighted by atomic mass is 16.6. The lowest BCUT2D eigenvalue weighted by atomic mass is 10.2. The molecule has 0 bridgehead atoms. The van der Waals surface area contributed by atoms with E-state index in [4.69, 9.17) is 15.2 Å². The van der Waals surface area contributed by atoms with E-state index in [0.717, 1.165) is 5.69 Å². The summed E-state index contributed by atoms with van der Waals surface area (Å²) in [6.45, 7) is 1.96. The molecule has 1 rings (SSSR count). The molecule has 94 valence electrons. The van der Waals surface area contributed by atoms with Crippen LogP contribution in [-0.2, 0) is 9.53 Å². The van der Waals surface area contributed by atoms with Gasteiger partial charge >= 0.3 is 5.97 Å². The van der Waals surface area contributed by atoms with Crippen LogP contribution in [-0.4, -0.2) is 33.3 Å². The third kappa shape index (κ3) is 3.86. The fraction of sp³-hybridized carbons (Fsp3) is 0.417. The Morgan fingerprint density at radius 2 is 2.12 bits per heavy atom. The first kappa shape index (κ1) is 13.2. The lowest BCUT2D eigenvalue weighted by Crippen LogP contribution is -2.15. The van der Waals surface area contributed by atoms with Crippen LogP contribution in [0.1, 0.15) is 6.92 Å². The molecule has 0 fully saturated rings. The minimum Gasteiger partial charge on any atom is -0.480 e. The Morgan fingerprint density at radius 1 is 1.41 bits per heavy atom. The molecule has 0 aliphatic heterocycles. The molecular formula is C12H18N2O3. The second-order valence-corrected chi connectivity index (χ2v) is 3.71. The van der Waals surface area contributed by atoms with E-state index in [-0.39, 0.29) is 6.61 Å². The molecule has 0 aliphatic carbocycles. The standard InChI is InChI=1S/C12H18N2O3/c1-4-16-12(15)8-17-11-7-9(14(2)3)5-6-10(11)13/h5-7H,4,8,13H2,1-3H3. The number of ether oxygens (including phenoxy) is 2. The highest BCUT2D eigenvalue weighted by Crippen LogP contribution is 2.26. The van der Waals surface area contributed by atoms with E-state index in [2.05, 4.69) is 0 Å². The zero-order chi connectivity index (χ0) is 12.8. The minimum atomic E-state index is -0.401. The maximum absolute atomic E-state index is 11.1. The second kappa shape index (κ2) is 5.98. The van der Waals surface area contributed by atoms with Crippen LogP contribution >= 0.6 is 0 Å². The third-order valence-corrected chi connectivity index (χ3v) is 2.16. The highest BCUT2D eigenvalue weighted by Gasteiger charge is 2.07. The summed E-state index contributed by atoms with van der Waals surface area (Å²) in [6, 6.07) is 5.41. The van der Waals surface area contributed by atoms with Crippen LogP contribution in [0.25, 0.3) is 0 Å². The number of nitrogens with two attached hydrogens (primary N) is 1. The summed E-state index contributed by atoms with van der Waals surface area (Å²) in [4.78, 5) is 13.1. The molecular weight excluding hydrogens is 220 g/mol. The largest absolute Gasteiger partial charge is 0.480 e. The number of rotatable bonds is 5. The van der Waals surface area contributed by atoms with Crippen LogP contribution in [0.3, 0.4) is 0 Å². The highest BCUT2D eigenvalue weighted by molar-refractivity contribution is 5.72. The summed E-state index contributed by atoms with van der Waals surface area (Å²) in [5, 5.41) is 0. The number of anilines is 2. The SMILES string of the molecule is CCOC(=O)COc1cc(N(C)C)ccc1N. The smallest absolute Gasteiger partial charge is 0.344 e. The van der Waals surface area contributed by atoms with Crippen LogP contribution in [0.5, 0.6) is 5.75 Å². The molecule has 0 atom stereocenters. The fourth-order valence-electron chi connectivity index (χ4n) is 1.27. The van der Waals surface area contributed by atoms with Gasteiger partial charge in [0.1, 0.15) is 5.75 Å². The summed E-state index contributed by atoms with van der Waals surface area (Å²) in [5.41, 5.74) is 7.21. The van der Waals surface area contributed by atoms with Gasteiger partial charge in [0.05, 0.1) is 12.3 Å². The fourth-order valence-corrected chi connectivity index (χ4v) is 1.27. The number of nitrogens with zero attached hydrogens (tertiary/aromatic N) is 1. The van der Waals surface area contributed by atoms with Gasteiger partial charge in [-0.15, -0.1) is 0 Å². The first-order valence-corrected chi connectivity index (χ1v) is 5.40. The van der Waals surface area contributed by atoms with Crippen molar-refractivity contribution in [1.82, 2.24) is 0 Å².